The number of alkyl halides is 3. The average Bonchev–Trinajstić information content (AvgIpc) is 3.19. The van der Waals surface area contributed by atoms with Crippen molar-refractivity contribution in [3.05, 3.63) is 83.8 Å². The second kappa shape index (κ2) is 11.2. The summed E-state index contributed by atoms with van der Waals surface area (Å²) in [7, 11) is -3.31. The molecular formula is C25H22F4N6O4S. The minimum Gasteiger partial charge on any atom is -0.487 e. The van der Waals surface area contributed by atoms with Crippen molar-refractivity contribution in [1.29, 1.82) is 0 Å². The maximum atomic E-state index is 13.3. The number of nitrogens with one attached hydrogen (secondary N) is 2. The lowest BCUT2D eigenvalue weighted by molar-refractivity contribution is -0.106. The number of nitrogens with two attached hydrogens (primary N) is 1. The fraction of sp³-hybridized carbons (Fsp3) is 0.160. The number of rotatable bonds is 10. The van der Waals surface area contributed by atoms with Crippen LogP contribution in [0.5, 0.6) is 5.75 Å². The standard InChI is InChI=1S/C25H22F4N6O4S/c1-35-24(32-20-4-2-3-11-31-20)21(23(30)36)22(33-35)16-7-10-18(34-40(37,38)14-25(27,28)29)19(12-16)39-13-15-5-8-17(26)9-6-15/h2-12,34H,13-14H2,1H3,(H2,30,36)(H,31,32). The van der Waals surface area contributed by atoms with Crippen LogP contribution in [0.25, 0.3) is 11.3 Å². The van der Waals surface area contributed by atoms with E-state index in [1.54, 1.807) is 25.2 Å². The third-order valence-corrected chi connectivity index (χ3v) is 6.63. The Morgan fingerprint density at radius 3 is 2.45 bits per heavy atom. The van der Waals surface area contributed by atoms with Gasteiger partial charge in [0.25, 0.3) is 5.91 Å². The summed E-state index contributed by atoms with van der Waals surface area (Å²) in [5, 5.41) is 7.33. The Bertz CT molecular complexity index is 1630. The summed E-state index contributed by atoms with van der Waals surface area (Å²) in [6.45, 7) is -0.185. The highest BCUT2D eigenvalue weighted by molar-refractivity contribution is 7.92. The lowest BCUT2D eigenvalue weighted by Crippen LogP contribution is -2.28. The number of halogens is 4. The van der Waals surface area contributed by atoms with Gasteiger partial charge in [-0.1, -0.05) is 24.3 Å². The molecule has 10 nitrogen and oxygen atoms in total. The molecular weight excluding hydrogens is 556 g/mol. The van der Waals surface area contributed by atoms with Crippen molar-refractivity contribution in [3.8, 4) is 17.0 Å². The van der Waals surface area contributed by atoms with E-state index < -0.39 is 33.7 Å². The van der Waals surface area contributed by atoms with Gasteiger partial charge in [-0.15, -0.1) is 0 Å². The normalized spacial score (nSPS) is 11.7. The van der Waals surface area contributed by atoms with Gasteiger partial charge >= 0.3 is 6.18 Å². The van der Waals surface area contributed by atoms with Crippen molar-refractivity contribution in [1.82, 2.24) is 14.8 Å². The van der Waals surface area contributed by atoms with Crippen molar-refractivity contribution < 1.29 is 35.5 Å². The molecule has 40 heavy (non-hydrogen) atoms. The van der Waals surface area contributed by atoms with Crippen LogP contribution in [0.2, 0.25) is 0 Å². The number of nitrogens with zero attached hydrogens (tertiary/aromatic N) is 3. The lowest BCUT2D eigenvalue weighted by Gasteiger charge is -2.16. The summed E-state index contributed by atoms with van der Waals surface area (Å²) in [6, 6.07) is 14.1. The molecule has 0 bridgehead atoms. The summed E-state index contributed by atoms with van der Waals surface area (Å²) >= 11 is 0. The molecule has 15 heteroatoms. The van der Waals surface area contributed by atoms with Crippen molar-refractivity contribution in [2.75, 3.05) is 15.8 Å². The van der Waals surface area contributed by atoms with Crippen molar-refractivity contribution >= 4 is 33.3 Å². The molecule has 0 spiro atoms. The summed E-state index contributed by atoms with van der Waals surface area (Å²) in [6.07, 6.45) is -3.45. The first-order valence-corrected chi connectivity index (χ1v) is 13.1. The largest absolute Gasteiger partial charge is 0.487 e. The van der Waals surface area contributed by atoms with Gasteiger partial charge in [0.15, 0.2) is 5.75 Å². The number of hydrogen-bond acceptors (Lipinski definition) is 7. The Hall–Kier alpha value is -4.66. The molecule has 0 radical (unpaired) electrons. The minimum absolute atomic E-state index is 0.0250. The number of anilines is 3. The molecule has 2 aromatic carbocycles. The van der Waals surface area contributed by atoms with Crippen molar-refractivity contribution in [2.45, 2.75) is 12.8 Å². The lowest BCUT2D eigenvalue weighted by atomic mass is 10.1. The maximum Gasteiger partial charge on any atom is 0.404 e. The third kappa shape index (κ3) is 7.05. The van der Waals surface area contributed by atoms with Gasteiger partial charge in [-0.2, -0.15) is 18.3 Å². The number of aromatic nitrogens is 3. The minimum atomic E-state index is -4.98. The van der Waals surface area contributed by atoms with Crippen molar-refractivity contribution in [3.63, 3.8) is 0 Å². The molecule has 0 fully saturated rings. The van der Waals surface area contributed by atoms with Gasteiger partial charge in [-0.25, -0.2) is 17.8 Å². The molecule has 2 aromatic heterocycles. The van der Waals surface area contributed by atoms with Crippen LogP contribution in [-0.4, -0.2) is 41.0 Å². The number of carbonyl (C=O) groups excluding carboxylic acids is 1. The number of primary amides is 1. The zero-order valence-electron chi connectivity index (χ0n) is 20.7. The van der Waals surface area contributed by atoms with E-state index in [0.29, 0.717) is 11.4 Å². The van der Waals surface area contributed by atoms with Crippen LogP contribution >= 0.6 is 0 Å². The van der Waals surface area contributed by atoms with Gasteiger partial charge < -0.3 is 15.8 Å². The SMILES string of the molecule is Cn1nc(-c2ccc(NS(=O)(=O)CC(F)(F)F)c(OCc3ccc(F)cc3)c2)c(C(N)=O)c1Nc1ccccn1. The first-order valence-electron chi connectivity index (χ1n) is 11.4. The van der Waals surface area contributed by atoms with Crippen LogP contribution in [0.15, 0.2) is 66.9 Å². The maximum absolute atomic E-state index is 13.3. The van der Waals surface area contributed by atoms with Gasteiger partial charge in [0.05, 0.1) is 5.69 Å². The first kappa shape index (κ1) is 28.4. The Kier molecular flexibility index (Phi) is 7.95. The zero-order valence-corrected chi connectivity index (χ0v) is 21.6. The molecule has 0 aliphatic carbocycles. The monoisotopic (exact) mass is 578 g/mol. The predicted molar refractivity (Wildman–Crippen MR) is 139 cm³/mol. The number of ether oxygens (including phenoxy) is 1. The van der Waals surface area contributed by atoms with Crippen LogP contribution in [0, 0.1) is 5.82 Å². The molecule has 0 saturated heterocycles. The summed E-state index contributed by atoms with van der Waals surface area (Å²) in [5.74, 6) is -3.01. The number of aryl methyl sites for hydroxylation is 1. The molecule has 0 saturated carbocycles. The smallest absolute Gasteiger partial charge is 0.404 e. The van der Waals surface area contributed by atoms with E-state index in [1.807, 2.05) is 4.72 Å². The van der Waals surface area contributed by atoms with E-state index in [2.05, 4.69) is 15.4 Å². The Balaban J connectivity index is 1.75. The molecule has 2 heterocycles. The van der Waals surface area contributed by atoms with Crippen LogP contribution in [0.4, 0.5) is 34.9 Å². The van der Waals surface area contributed by atoms with Crippen LogP contribution in [0.3, 0.4) is 0 Å². The molecule has 4 rings (SSSR count). The molecule has 0 aliphatic heterocycles. The summed E-state index contributed by atoms with van der Waals surface area (Å²) < 4.78 is 85.0. The number of sulfonamides is 1. The number of pyridine rings is 1. The second-order valence-corrected chi connectivity index (χ2v) is 10.2. The average molecular weight is 579 g/mol. The second-order valence-electron chi connectivity index (χ2n) is 8.50. The van der Waals surface area contributed by atoms with Crippen LogP contribution < -0.4 is 20.5 Å². The Morgan fingerprint density at radius 2 is 1.82 bits per heavy atom. The van der Waals surface area contributed by atoms with E-state index >= 15 is 0 Å². The molecule has 4 N–H and O–H groups in total. The molecule has 4 aromatic rings. The first-order chi connectivity index (χ1) is 18.8. The number of carbonyl (C=O) groups is 1. The molecule has 0 aliphatic rings. The molecule has 1 amide bonds. The van der Waals surface area contributed by atoms with E-state index in [1.165, 1.54) is 53.3 Å². The Labute approximate surface area is 225 Å². The quantitative estimate of drug-likeness (QED) is 0.238. The van der Waals surface area contributed by atoms with Gasteiger partial charge in [0.2, 0.25) is 10.0 Å². The zero-order chi connectivity index (χ0) is 29.1. The van der Waals surface area contributed by atoms with E-state index in [-0.39, 0.29) is 40.7 Å². The number of amides is 1. The van der Waals surface area contributed by atoms with Crippen LogP contribution in [-0.2, 0) is 23.7 Å². The fourth-order valence-electron chi connectivity index (χ4n) is 3.69. The number of hydrogen-bond donors (Lipinski definition) is 3. The predicted octanol–water partition coefficient (Wildman–Crippen LogP) is 4.35. The Morgan fingerprint density at radius 1 is 1.10 bits per heavy atom. The molecule has 210 valence electrons. The van der Waals surface area contributed by atoms with E-state index in [0.717, 1.165) is 0 Å². The highest BCUT2D eigenvalue weighted by atomic mass is 32.2. The fourth-order valence-corrected chi connectivity index (χ4v) is 4.70. The van der Waals surface area contributed by atoms with E-state index in [4.69, 9.17) is 10.5 Å². The third-order valence-electron chi connectivity index (χ3n) is 5.39. The summed E-state index contributed by atoms with van der Waals surface area (Å²) in [4.78, 5) is 16.6. The van der Waals surface area contributed by atoms with Crippen LogP contribution in [0.1, 0.15) is 15.9 Å². The topological polar surface area (TPSA) is 141 Å². The van der Waals surface area contributed by atoms with Gasteiger partial charge in [0.1, 0.15) is 41.1 Å². The van der Waals surface area contributed by atoms with Gasteiger partial charge in [-0.05, 0) is 42.0 Å². The van der Waals surface area contributed by atoms with Gasteiger partial charge in [0, 0.05) is 18.8 Å². The van der Waals surface area contributed by atoms with Gasteiger partial charge in [-0.3, -0.25) is 14.2 Å². The molecule has 0 atom stereocenters. The highest BCUT2D eigenvalue weighted by Crippen LogP contribution is 2.36. The molecule has 0 unspecified atom stereocenters. The summed E-state index contributed by atoms with van der Waals surface area (Å²) in [5.41, 5.74) is 6.17. The van der Waals surface area contributed by atoms with Crippen molar-refractivity contribution in [2.24, 2.45) is 12.8 Å². The number of benzene rings is 2. The highest BCUT2D eigenvalue weighted by Gasteiger charge is 2.35. The van der Waals surface area contributed by atoms with E-state index in [9.17, 15) is 30.8 Å².